The molecule has 1 aromatic rings. The Kier molecular flexibility index (Phi) is 9.07. The van der Waals surface area contributed by atoms with Gasteiger partial charge < -0.3 is 4.74 Å². The van der Waals surface area contributed by atoms with E-state index in [9.17, 15) is 13.6 Å². The van der Waals surface area contributed by atoms with Crippen LogP contribution in [0.2, 0.25) is 0 Å². The highest BCUT2D eigenvalue weighted by Crippen LogP contribution is 2.44. The van der Waals surface area contributed by atoms with Crippen molar-refractivity contribution in [3.63, 3.8) is 0 Å². The van der Waals surface area contributed by atoms with Gasteiger partial charge in [0.05, 0.1) is 5.92 Å². The van der Waals surface area contributed by atoms with E-state index in [1.54, 1.807) is 0 Å². The molecule has 32 heavy (non-hydrogen) atoms. The van der Waals surface area contributed by atoms with Gasteiger partial charge in [-0.25, -0.2) is 8.78 Å². The molecule has 0 saturated heterocycles. The Morgan fingerprint density at radius 2 is 1.69 bits per heavy atom. The summed E-state index contributed by atoms with van der Waals surface area (Å²) in [4.78, 5) is 12.6. The Labute approximate surface area is 192 Å². The summed E-state index contributed by atoms with van der Waals surface area (Å²) < 4.78 is 34.7. The summed E-state index contributed by atoms with van der Waals surface area (Å²) in [5, 5.41) is 0. The minimum Gasteiger partial charge on any atom is -0.462 e. The predicted octanol–water partition coefficient (Wildman–Crippen LogP) is 8.08. The van der Waals surface area contributed by atoms with Crippen LogP contribution in [0.25, 0.3) is 12.2 Å². The molecule has 2 fully saturated rings. The van der Waals surface area contributed by atoms with Crippen molar-refractivity contribution in [1.29, 1.82) is 0 Å². The fraction of sp³-hybridized carbons (Fsp3) is 0.607. The quantitative estimate of drug-likeness (QED) is 0.379. The number of carbonyl (C=O) groups is 1. The van der Waals surface area contributed by atoms with Gasteiger partial charge in [-0.2, -0.15) is 0 Å². The zero-order valence-corrected chi connectivity index (χ0v) is 19.6. The van der Waals surface area contributed by atoms with Crippen molar-refractivity contribution in [2.24, 2.45) is 17.8 Å². The molecule has 2 aliphatic carbocycles. The van der Waals surface area contributed by atoms with E-state index in [1.165, 1.54) is 11.1 Å². The van der Waals surface area contributed by atoms with Crippen molar-refractivity contribution in [2.45, 2.75) is 90.1 Å². The first-order valence-electron chi connectivity index (χ1n) is 12.4. The molecule has 0 radical (unpaired) electrons. The van der Waals surface area contributed by atoms with Crippen LogP contribution in [-0.2, 0) is 9.53 Å². The fourth-order valence-corrected chi connectivity index (χ4v) is 5.04. The van der Waals surface area contributed by atoms with Crippen molar-refractivity contribution < 1.29 is 18.3 Å². The number of hydrogen-bond donors (Lipinski definition) is 0. The molecule has 1 aromatic carbocycles. The monoisotopic (exact) mass is 444 g/mol. The van der Waals surface area contributed by atoms with Crippen LogP contribution in [0.15, 0.2) is 36.4 Å². The highest BCUT2D eigenvalue weighted by molar-refractivity contribution is 5.73. The second kappa shape index (κ2) is 11.8. The Hall–Kier alpha value is -1.97. The third-order valence-electron chi connectivity index (χ3n) is 7.08. The van der Waals surface area contributed by atoms with Gasteiger partial charge in [0, 0.05) is 12.3 Å². The van der Waals surface area contributed by atoms with Crippen LogP contribution in [0, 0.1) is 17.8 Å². The van der Waals surface area contributed by atoms with Crippen LogP contribution in [0.5, 0.6) is 0 Å². The van der Waals surface area contributed by atoms with E-state index < -0.39 is 23.7 Å². The van der Waals surface area contributed by atoms with Crippen molar-refractivity contribution in [3.8, 4) is 0 Å². The summed E-state index contributed by atoms with van der Waals surface area (Å²) in [7, 11) is 0. The Bertz CT molecular complexity index is 773. The lowest BCUT2D eigenvalue weighted by molar-refractivity contribution is -0.167. The lowest BCUT2D eigenvalue weighted by atomic mass is 9.77. The van der Waals surface area contributed by atoms with Crippen molar-refractivity contribution in [3.05, 3.63) is 47.5 Å². The van der Waals surface area contributed by atoms with Crippen LogP contribution in [0.1, 0.15) is 89.2 Å². The van der Waals surface area contributed by atoms with E-state index in [0.717, 1.165) is 38.5 Å². The first-order chi connectivity index (χ1) is 15.4. The van der Waals surface area contributed by atoms with E-state index in [2.05, 4.69) is 42.5 Å². The first kappa shape index (κ1) is 24.7. The normalized spacial score (nSPS) is 28.2. The minimum absolute atomic E-state index is 0.126. The van der Waals surface area contributed by atoms with Gasteiger partial charge >= 0.3 is 5.97 Å². The van der Waals surface area contributed by atoms with E-state index in [0.29, 0.717) is 25.2 Å². The zero-order chi connectivity index (χ0) is 23.0. The number of benzene rings is 1. The average molecular weight is 445 g/mol. The maximum Gasteiger partial charge on any atom is 0.309 e. The van der Waals surface area contributed by atoms with Gasteiger partial charge in [-0.3, -0.25) is 4.79 Å². The molecule has 2 saturated carbocycles. The molecule has 0 bridgehead atoms. The molecule has 2 nitrogen and oxygen atoms in total. The predicted molar refractivity (Wildman–Crippen MR) is 127 cm³/mol. The van der Waals surface area contributed by atoms with Gasteiger partial charge in [0.25, 0.3) is 5.92 Å². The second-order valence-electron chi connectivity index (χ2n) is 9.58. The molecule has 2 unspecified atom stereocenters. The van der Waals surface area contributed by atoms with Gasteiger partial charge in [0.15, 0.2) is 0 Å². The lowest BCUT2D eigenvalue weighted by Gasteiger charge is -2.36. The number of unbranched alkanes of at least 4 members (excludes halogenated alkanes) is 1. The fourth-order valence-electron chi connectivity index (χ4n) is 5.04. The van der Waals surface area contributed by atoms with E-state index in [4.69, 9.17) is 4.74 Å². The third kappa shape index (κ3) is 7.02. The number of ether oxygens (including phenoxy) is 1. The molecule has 4 heteroatoms. The van der Waals surface area contributed by atoms with Gasteiger partial charge in [0.1, 0.15) is 6.10 Å². The number of halogens is 2. The molecule has 2 aliphatic rings. The second-order valence-corrected chi connectivity index (χ2v) is 9.58. The summed E-state index contributed by atoms with van der Waals surface area (Å²) in [6.45, 7) is 4.03. The zero-order valence-electron chi connectivity index (χ0n) is 19.6. The van der Waals surface area contributed by atoms with Crippen molar-refractivity contribution >= 4 is 18.1 Å². The third-order valence-corrected chi connectivity index (χ3v) is 7.08. The van der Waals surface area contributed by atoms with Crippen molar-refractivity contribution in [1.82, 2.24) is 0 Å². The molecule has 0 aliphatic heterocycles. The Morgan fingerprint density at radius 1 is 1.03 bits per heavy atom. The number of alkyl halides is 2. The van der Waals surface area contributed by atoms with Gasteiger partial charge in [-0.1, -0.05) is 68.3 Å². The number of carbonyl (C=O) groups excluding carboxylic acids is 1. The van der Waals surface area contributed by atoms with Crippen LogP contribution in [0.4, 0.5) is 8.78 Å². The van der Waals surface area contributed by atoms with Gasteiger partial charge in [-0.15, -0.1) is 0 Å². The number of hydrogen-bond acceptors (Lipinski definition) is 2. The molecule has 176 valence electrons. The van der Waals surface area contributed by atoms with E-state index in [1.807, 2.05) is 19.9 Å². The molecule has 0 spiro atoms. The highest BCUT2D eigenvalue weighted by Gasteiger charge is 2.47. The minimum atomic E-state index is -2.75. The van der Waals surface area contributed by atoms with E-state index >= 15 is 0 Å². The average Bonchev–Trinajstić information content (AvgIpc) is 2.78. The van der Waals surface area contributed by atoms with Crippen molar-refractivity contribution in [2.75, 3.05) is 0 Å². The smallest absolute Gasteiger partial charge is 0.309 e. The molecular formula is C28H38F2O2. The lowest BCUT2D eigenvalue weighted by Crippen LogP contribution is -2.40. The number of allylic oxidation sites excluding steroid dienone is 2. The molecular weight excluding hydrogens is 406 g/mol. The van der Waals surface area contributed by atoms with Crippen LogP contribution < -0.4 is 0 Å². The molecule has 3 rings (SSSR count). The summed E-state index contributed by atoms with van der Waals surface area (Å²) >= 11 is 0. The van der Waals surface area contributed by atoms with Crippen LogP contribution >= 0.6 is 0 Å². The van der Waals surface area contributed by atoms with Gasteiger partial charge in [0.2, 0.25) is 0 Å². The SMILES string of the molecule is C/C=C/c1ccc(/C=C/C2CCC(OC(=O)C3CCC(CCCC)C(F)(F)C3)CC2)cc1. The summed E-state index contributed by atoms with van der Waals surface area (Å²) in [6, 6.07) is 8.45. The number of esters is 1. The largest absolute Gasteiger partial charge is 0.462 e. The van der Waals surface area contributed by atoms with Gasteiger partial charge in [-0.05, 0) is 68.9 Å². The Balaban J connectivity index is 1.42. The number of rotatable bonds is 8. The van der Waals surface area contributed by atoms with Crippen LogP contribution in [-0.4, -0.2) is 18.0 Å². The molecule has 0 N–H and O–H groups in total. The topological polar surface area (TPSA) is 26.3 Å². The molecule has 0 aromatic heterocycles. The first-order valence-corrected chi connectivity index (χ1v) is 12.4. The van der Waals surface area contributed by atoms with E-state index in [-0.39, 0.29) is 12.5 Å². The molecule has 0 heterocycles. The Morgan fingerprint density at radius 3 is 2.28 bits per heavy atom. The maximum atomic E-state index is 14.5. The summed E-state index contributed by atoms with van der Waals surface area (Å²) in [5.41, 5.74) is 2.38. The molecule has 0 amide bonds. The standard InChI is InChI=1S/C28H38F2O2/c1-3-5-7-25-17-16-24(20-28(25,29)30)27(31)32-26-18-14-23(15-19-26)13-12-22-10-8-21(6-4-2)9-11-22/h4,6,8-13,23-26H,3,5,7,14-20H2,1-2H3/b6-4+,13-12+. The molecule has 2 atom stereocenters. The van der Waals surface area contributed by atoms with Crippen LogP contribution in [0.3, 0.4) is 0 Å². The summed E-state index contributed by atoms with van der Waals surface area (Å²) in [5.74, 6) is -3.90. The summed E-state index contributed by atoms with van der Waals surface area (Å²) in [6.07, 6.45) is 14.9. The highest BCUT2D eigenvalue weighted by atomic mass is 19.3. The maximum absolute atomic E-state index is 14.5.